The van der Waals surface area contributed by atoms with E-state index >= 15 is 0 Å². The van der Waals surface area contributed by atoms with Crippen molar-refractivity contribution < 1.29 is 4.79 Å². The van der Waals surface area contributed by atoms with Gasteiger partial charge in [0.25, 0.3) is 11.5 Å². The van der Waals surface area contributed by atoms with E-state index in [-0.39, 0.29) is 11.5 Å². The number of nitriles is 1. The Hall–Kier alpha value is -3.24. The zero-order valence-electron chi connectivity index (χ0n) is 14.1. The number of aromatic nitrogens is 2. The number of nitrogens with zero attached hydrogens (tertiary/aromatic N) is 2. The summed E-state index contributed by atoms with van der Waals surface area (Å²) in [5, 5.41) is 12.1. The number of H-pyrrole nitrogens is 1. The number of carbonyl (C=O) groups is 1. The van der Waals surface area contributed by atoms with Crippen molar-refractivity contribution in [1.29, 1.82) is 5.26 Å². The summed E-state index contributed by atoms with van der Waals surface area (Å²) in [6, 6.07) is 13.9. The van der Waals surface area contributed by atoms with Crippen LogP contribution in [0.4, 0.5) is 0 Å². The van der Waals surface area contributed by atoms with Crippen molar-refractivity contribution in [3.63, 3.8) is 0 Å². The maximum absolute atomic E-state index is 12.4. The highest BCUT2D eigenvalue weighted by Crippen LogP contribution is 2.11. The van der Waals surface area contributed by atoms with Crippen molar-refractivity contribution >= 4 is 29.0 Å². The number of carbonyl (C=O) groups excluding carboxylic acids is 1. The molecule has 0 atom stereocenters. The van der Waals surface area contributed by atoms with Crippen LogP contribution in [0.3, 0.4) is 0 Å². The number of aromatic amines is 1. The van der Waals surface area contributed by atoms with Crippen molar-refractivity contribution in [3.8, 4) is 6.07 Å². The van der Waals surface area contributed by atoms with Crippen molar-refractivity contribution in [2.24, 2.45) is 0 Å². The van der Waals surface area contributed by atoms with Gasteiger partial charge in [-0.3, -0.25) is 14.2 Å². The van der Waals surface area contributed by atoms with Gasteiger partial charge in [-0.1, -0.05) is 12.1 Å². The fourth-order valence-electron chi connectivity index (χ4n) is 2.66. The number of benzene rings is 2. The summed E-state index contributed by atoms with van der Waals surface area (Å²) in [5.41, 5.74) is 2.27. The minimum absolute atomic E-state index is 0.171. The quantitative estimate of drug-likeness (QED) is 0.697. The monoisotopic (exact) mass is 364 g/mol. The molecule has 3 rings (SSSR count). The van der Waals surface area contributed by atoms with Gasteiger partial charge in [0.1, 0.15) is 0 Å². The van der Waals surface area contributed by atoms with Crippen LogP contribution < -0.4 is 10.9 Å². The predicted molar refractivity (Wildman–Crippen MR) is 101 cm³/mol. The summed E-state index contributed by atoms with van der Waals surface area (Å²) < 4.78 is 1.81. The molecule has 0 spiro atoms. The fourth-order valence-corrected chi connectivity index (χ4v) is 2.99. The van der Waals surface area contributed by atoms with Crippen LogP contribution in [0, 0.1) is 16.1 Å². The zero-order valence-corrected chi connectivity index (χ0v) is 14.9. The molecule has 1 heterocycles. The summed E-state index contributed by atoms with van der Waals surface area (Å²) in [5.74, 6) is -0.254. The topological polar surface area (TPSA) is 90.7 Å². The number of fused-ring (bicyclic) bond motifs is 1. The molecular formula is C19H16N4O2S. The third-order valence-electron chi connectivity index (χ3n) is 4.10. The summed E-state index contributed by atoms with van der Waals surface area (Å²) in [6.45, 7) is 2.68. The molecular weight excluding hydrogens is 348 g/mol. The molecule has 0 aliphatic rings. The van der Waals surface area contributed by atoms with Crippen LogP contribution in [0.2, 0.25) is 0 Å². The molecule has 0 saturated carbocycles. The van der Waals surface area contributed by atoms with Crippen molar-refractivity contribution in [1.82, 2.24) is 14.9 Å². The Morgan fingerprint density at radius 3 is 2.65 bits per heavy atom. The van der Waals surface area contributed by atoms with E-state index < -0.39 is 0 Å². The molecule has 0 aliphatic carbocycles. The molecule has 2 aromatic carbocycles. The van der Waals surface area contributed by atoms with E-state index in [1.807, 2.05) is 6.92 Å². The summed E-state index contributed by atoms with van der Waals surface area (Å²) in [7, 11) is 0. The first-order chi connectivity index (χ1) is 12.5. The molecule has 1 amide bonds. The Morgan fingerprint density at radius 1 is 1.27 bits per heavy atom. The Labute approximate surface area is 154 Å². The van der Waals surface area contributed by atoms with Gasteiger partial charge in [-0.05, 0) is 55.0 Å². The second kappa shape index (κ2) is 7.33. The number of rotatable bonds is 4. The molecule has 6 nitrogen and oxygen atoms in total. The second-order valence-electron chi connectivity index (χ2n) is 5.73. The molecule has 0 aliphatic heterocycles. The van der Waals surface area contributed by atoms with E-state index in [4.69, 9.17) is 17.5 Å². The second-order valence-corrected chi connectivity index (χ2v) is 6.12. The highest BCUT2D eigenvalue weighted by molar-refractivity contribution is 7.71. The molecule has 1 aromatic heterocycles. The maximum atomic E-state index is 12.4. The van der Waals surface area contributed by atoms with E-state index in [0.29, 0.717) is 39.9 Å². The molecule has 2 N–H and O–H groups in total. The third-order valence-corrected chi connectivity index (χ3v) is 4.42. The van der Waals surface area contributed by atoms with Crippen LogP contribution in [0.1, 0.15) is 28.4 Å². The van der Waals surface area contributed by atoms with Crippen LogP contribution in [0.15, 0.2) is 47.3 Å². The van der Waals surface area contributed by atoms with E-state index in [0.717, 1.165) is 5.56 Å². The normalized spacial score (nSPS) is 10.5. The predicted octanol–water partition coefficient (Wildman–Crippen LogP) is 2.88. The molecule has 7 heteroatoms. The van der Waals surface area contributed by atoms with E-state index in [1.165, 1.54) is 4.57 Å². The highest BCUT2D eigenvalue weighted by Gasteiger charge is 2.10. The minimum atomic E-state index is -0.254. The van der Waals surface area contributed by atoms with Gasteiger partial charge in [0.05, 0.1) is 22.5 Å². The first-order valence-electron chi connectivity index (χ1n) is 8.07. The Balaban J connectivity index is 1.83. The van der Waals surface area contributed by atoms with Gasteiger partial charge in [-0.2, -0.15) is 5.26 Å². The standard InChI is InChI=1S/C19H16N4O2S/c1-2-23-18(25)15-8-7-14(9-16(15)22-19(23)26)17(24)21-11-13-5-3-12(10-20)4-6-13/h3-9H,2,11H2,1H3,(H,21,24)(H,22,26). The smallest absolute Gasteiger partial charge is 0.262 e. The van der Waals surface area contributed by atoms with E-state index in [1.54, 1.807) is 42.5 Å². The van der Waals surface area contributed by atoms with Crippen LogP contribution in [-0.2, 0) is 13.1 Å². The lowest BCUT2D eigenvalue weighted by Gasteiger charge is -2.08. The summed E-state index contributed by atoms with van der Waals surface area (Å²) >= 11 is 5.19. The van der Waals surface area contributed by atoms with Crippen molar-refractivity contribution in [2.45, 2.75) is 20.0 Å². The number of amides is 1. The molecule has 0 bridgehead atoms. The summed E-state index contributed by atoms with van der Waals surface area (Å²) in [6.07, 6.45) is 0. The van der Waals surface area contributed by atoms with Gasteiger partial charge in [0, 0.05) is 18.7 Å². The maximum Gasteiger partial charge on any atom is 0.262 e. The van der Waals surface area contributed by atoms with Gasteiger partial charge in [-0.25, -0.2) is 0 Å². The van der Waals surface area contributed by atoms with Crippen molar-refractivity contribution in [2.75, 3.05) is 0 Å². The minimum Gasteiger partial charge on any atom is -0.348 e. The van der Waals surface area contributed by atoms with Crippen LogP contribution in [0.5, 0.6) is 0 Å². The molecule has 0 saturated heterocycles. The van der Waals surface area contributed by atoms with E-state index in [2.05, 4.69) is 16.4 Å². The van der Waals surface area contributed by atoms with Gasteiger partial charge >= 0.3 is 0 Å². The lowest BCUT2D eigenvalue weighted by atomic mass is 10.1. The Kier molecular flexibility index (Phi) is 4.96. The lowest BCUT2D eigenvalue weighted by molar-refractivity contribution is 0.0951. The molecule has 130 valence electrons. The molecule has 0 radical (unpaired) electrons. The number of hydrogen-bond acceptors (Lipinski definition) is 4. The largest absolute Gasteiger partial charge is 0.348 e. The van der Waals surface area contributed by atoms with Crippen LogP contribution in [-0.4, -0.2) is 15.5 Å². The molecule has 0 unspecified atom stereocenters. The van der Waals surface area contributed by atoms with Crippen LogP contribution in [0.25, 0.3) is 10.9 Å². The SMILES string of the molecule is CCn1c(=S)[nH]c2cc(C(=O)NCc3ccc(C#N)cc3)ccc2c1=O. The Bertz CT molecular complexity index is 1140. The first-order valence-corrected chi connectivity index (χ1v) is 8.48. The van der Waals surface area contributed by atoms with Gasteiger partial charge in [0.15, 0.2) is 4.77 Å². The average molecular weight is 364 g/mol. The fraction of sp³-hybridized carbons (Fsp3) is 0.158. The van der Waals surface area contributed by atoms with Crippen LogP contribution >= 0.6 is 12.2 Å². The zero-order chi connectivity index (χ0) is 18.7. The lowest BCUT2D eigenvalue weighted by Crippen LogP contribution is -2.24. The van der Waals surface area contributed by atoms with Crippen molar-refractivity contribution in [3.05, 3.63) is 74.3 Å². The van der Waals surface area contributed by atoms with Gasteiger partial charge in [0.2, 0.25) is 0 Å². The highest BCUT2D eigenvalue weighted by atomic mass is 32.1. The van der Waals surface area contributed by atoms with E-state index in [9.17, 15) is 9.59 Å². The Morgan fingerprint density at radius 2 is 2.00 bits per heavy atom. The summed E-state index contributed by atoms with van der Waals surface area (Å²) in [4.78, 5) is 27.8. The molecule has 26 heavy (non-hydrogen) atoms. The molecule has 0 fully saturated rings. The number of nitrogens with one attached hydrogen (secondary N) is 2. The first kappa shape index (κ1) is 17.6. The van der Waals surface area contributed by atoms with Gasteiger partial charge in [-0.15, -0.1) is 0 Å². The third kappa shape index (κ3) is 3.41. The molecule has 3 aromatic rings. The van der Waals surface area contributed by atoms with Gasteiger partial charge < -0.3 is 10.3 Å². The number of hydrogen-bond donors (Lipinski definition) is 2. The average Bonchev–Trinajstić information content (AvgIpc) is 2.66.